The van der Waals surface area contributed by atoms with Gasteiger partial charge in [-0.25, -0.2) is 0 Å². The molecule has 0 radical (unpaired) electrons. The molecule has 0 fully saturated rings. The summed E-state index contributed by atoms with van der Waals surface area (Å²) in [5, 5.41) is 23.2. The number of unbranched alkanes of at least 4 members (excludes halogenated alkanes) is 50. The lowest BCUT2D eigenvalue weighted by Crippen LogP contribution is -2.45. The highest BCUT2D eigenvalue weighted by Gasteiger charge is 2.18. The van der Waals surface area contributed by atoms with E-state index >= 15 is 0 Å². The molecule has 2 atom stereocenters. The largest absolute Gasteiger partial charge is 0.466 e. The van der Waals surface area contributed by atoms with Crippen LogP contribution in [0.15, 0.2) is 36.5 Å². The fourth-order valence-corrected chi connectivity index (χ4v) is 10.8. The normalized spacial score (nSPS) is 12.7. The van der Waals surface area contributed by atoms with Gasteiger partial charge in [0.05, 0.1) is 25.4 Å². The van der Waals surface area contributed by atoms with Crippen LogP contribution in [-0.2, 0) is 14.3 Å². The van der Waals surface area contributed by atoms with Crippen molar-refractivity contribution >= 4 is 11.9 Å². The predicted molar refractivity (Wildman–Crippen MR) is 338 cm³/mol. The highest BCUT2D eigenvalue weighted by Crippen LogP contribution is 2.18. The Kier molecular flexibility index (Phi) is 64.9. The minimum absolute atomic E-state index is 0.00376. The summed E-state index contributed by atoms with van der Waals surface area (Å²) in [5.41, 5.74) is 0. The number of hydrogen-bond acceptors (Lipinski definition) is 5. The second-order valence-corrected chi connectivity index (χ2v) is 23.9. The summed E-state index contributed by atoms with van der Waals surface area (Å²) in [6.07, 6.45) is 85.0. The third-order valence-electron chi connectivity index (χ3n) is 16.2. The second kappa shape index (κ2) is 66.6. The molecule has 6 heteroatoms. The van der Waals surface area contributed by atoms with Crippen LogP contribution in [0.25, 0.3) is 0 Å². The number of rotatable bonds is 65. The minimum Gasteiger partial charge on any atom is -0.466 e. The number of carbonyl (C=O) groups is 2. The van der Waals surface area contributed by atoms with Crippen molar-refractivity contribution in [1.82, 2.24) is 5.32 Å². The van der Waals surface area contributed by atoms with E-state index in [2.05, 4.69) is 43.5 Å². The zero-order valence-corrected chi connectivity index (χ0v) is 52.0. The monoisotopic (exact) mass is 1080 g/mol. The summed E-state index contributed by atoms with van der Waals surface area (Å²) in [7, 11) is 0. The van der Waals surface area contributed by atoms with E-state index in [1.807, 2.05) is 6.08 Å². The van der Waals surface area contributed by atoms with Crippen LogP contribution < -0.4 is 5.32 Å². The highest BCUT2D eigenvalue weighted by molar-refractivity contribution is 5.76. The van der Waals surface area contributed by atoms with E-state index in [1.165, 1.54) is 302 Å². The van der Waals surface area contributed by atoms with Crippen LogP contribution in [0.4, 0.5) is 0 Å². The molecule has 0 heterocycles. The lowest BCUT2D eigenvalue weighted by atomic mass is 10.0. The number of esters is 1. The van der Waals surface area contributed by atoms with Crippen LogP contribution in [-0.4, -0.2) is 47.4 Å². The summed E-state index contributed by atoms with van der Waals surface area (Å²) in [6, 6.07) is -0.627. The second-order valence-electron chi connectivity index (χ2n) is 23.9. The van der Waals surface area contributed by atoms with Crippen molar-refractivity contribution < 1.29 is 24.5 Å². The van der Waals surface area contributed by atoms with Crippen LogP contribution in [0.2, 0.25) is 0 Å². The molecule has 0 aliphatic carbocycles. The fourth-order valence-electron chi connectivity index (χ4n) is 10.8. The molecule has 1 amide bonds. The molecule has 0 spiro atoms. The van der Waals surface area contributed by atoms with E-state index in [0.717, 1.165) is 51.4 Å². The molecule has 0 aromatic rings. The summed E-state index contributed by atoms with van der Waals surface area (Å²) >= 11 is 0. The Morgan fingerprint density at radius 2 is 0.649 bits per heavy atom. The van der Waals surface area contributed by atoms with Gasteiger partial charge in [-0.2, -0.15) is 0 Å². The van der Waals surface area contributed by atoms with Crippen LogP contribution in [0.3, 0.4) is 0 Å². The molecule has 2 unspecified atom stereocenters. The summed E-state index contributed by atoms with van der Waals surface area (Å²) in [4.78, 5) is 24.6. The topological polar surface area (TPSA) is 95.9 Å². The lowest BCUT2D eigenvalue weighted by molar-refractivity contribution is -0.143. The molecule has 77 heavy (non-hydrogen) atoms. The highest BCUT2D eigenvalue weighted by atomic mass is 16.5. The van der Waals surface area contributed by atoms with Crippen LogP contribution in [0, 0.1) is 0 Å². The molecule has 0 aliphatic heterocycles. The molecule has 0 saturated heterocycles. The molecule has 0 aromatic carbocycles. The van der Waals surface area contributed by atoms with E-state index in [4.69, 9.17) is 4.74 Å². The Morgan fingerprint density at radius 1 is 0.364 bits per heavy atom. The van der Waals surface area contributed by atoms with E-state index in [-0.39, 0.29) is 18.5 Å². The van der Waals surface area contributed by atoms with Gasteiger partial charge in [0.15, 0.2) is 0 Å². The maximum atomic E-state index is 12.5. The number of nitrogens with one attached hydrogen (secondary N) is 1. The minimum atomic E-state index is -0.844. The third kappa shape index (κ3) is 63.1. The molecule has 454 valence electrons. The summed E-state index contributed by atoms with van der Waals surface area (Å²) < 4.78 is 5.49. The number of aliphatic hydroxyl groups excluding tert-OH is 2. The molecule has 0 aliphatic rings. The maximum Gasteiger partial charge on any atom is 0.305 e. The molecule has 0 bridgehead atoms. The Bertz CT molecular complexity index is 1250. The van der Waals surface area contributed by atoms with Gasteiger partial charge >= 0.3 is 5.97 Å². The van der Waals surface area contributed by atoms with Crippen LogP contribution >= 0.6 is 0 Å². The first-order valence-corrected chi connectivity index (χ1v) is 34.8. The van der Waals surface area contributed by atoms with Crippen molar-refractivity contribution in [2.24, 2.45) is 0 Å². The molecular formula is C71H135NO5. The van der Waals surface area contributed by atoms with Gasteiger partial charge in [-0.3, -0.25) is 9.59 Å². The van der Waals surface area contributed by atoms with Crippen molar-refractivity contribution in [2.45, 2.75) is 392 Å². The van der Waals surface area contributed by atoms with Crippen molar-refractivity contribution in [3.63, 3.8) is 0 Å². The van der Waals surface area contributed by atoms with E-state index in [1.54, 1.807) is 6.08 Å². The molecule has 0 saturated carbocycles. The zero-order chi connectivity index (χ0) is 55.7. The Morgan fingerprint density at radius 3 is 1.00 bits per heavy atom. The first-order chi connectivity index (χ1) is 38.0. The fraction of sp³-hybridized carbons (Fsp3) is 0.887. The quantitative estimate of drug-likeness (QED) is 0.0320. The number of ether oxygens (including phenoxy) is 1. The van der Waals surface area contributed by atoms with E-state index in [9.17, 15) is 19.8 Å². The van der Waals surface area contributed by atoms with Gasteiger partial charge in [-0.15, -0.1) is 0 Å². The van der Waals surface area contributed by atoms with Gasteiger partial charge in [-0.1, -0.05) is 339 Å². The molecular weight excluding hydrogens is 947 g/mol. The molecule has 0 rings (SSSR count). The SMILES string of the molecule is CCCCCC/C=C\C/C=C\CCCCCCCC(=O)OCCCCCCCCCCCCCCCCCCCCCCCCCCCCC(=O)NC(CO)C(O)/C=C/CCCCCCCCCCCCCCCCCC. The standard InChI is InChI=1S/C71H135NO5/c1-3-5-7-9-11-13-15-17-19-21-32-35-39-43-47-51-55-59-63-69(74)68(67-73)72-70(75)64-60-56-52-48-44-40-36-33-30-28-26-24-22-23-25-27-29-31-34-38-42-46-50-54-58-62-66-77-71(76)65-61-57-53-49-45-41-37-20-18-16-14-12-10-8-6-4-2/h14,16,20,37,59,63,68-69,73-74H,3-13,15,17-19,21-36,38-58,60-62,64-67H2,1-2H3,(H,72,75)/b16-14-,37-20-,63-59+. The smallest absolute Gasteiger partial charge is 0.305 e. The first-order valence-electron chi connectivity index (χ1n) is 34.8. The van der Waals surface area contributed by atoms with Gasteiger partial charge in [0, 0.05) is 12.8 Å². The summed E-state index contributed by atoms with van der Waals surface area (Å²) in [5.74, 6) is -0.0592. The predicted octanol–water partition coefficient (Wildman–Crippen LogP) is 22.3. The first kappa shape index (κ1) is 75.1. The van der Waals surface area contributed by atoms with Gasteiger partial charge in [0.2, 0.25) is 5.91 Å². The average molecular weight is 1080 g/mol. The van der Waals surface area contributed by atoms with Crippen LogP contribution in [0.5, 0.6) is 0 Å². The van der Waals surface area contributed by atoms with Crippen molar-refractivity contribution in [3.05, 3.63) is 36.5 Å². The van der Waals surface area contributed by atoms with Gasteiger partial charge in [-0.05, 0) is 64.2 Å². The number of hydrogen-bond donors (Lipinski definition) is 3. The molecule has 0 aromatic heterocycles. The maximum absolute atomic E-state index is 12.5. The lowest BCUT2D eigenvalue weighted by Gasteiger charge is -2.20. The number of carbonyl (C=O) groups excluding carboxylic acids is 2. The van der Waals surface area contributed by atoms with Crippen molar-refractivity contribution in [2.75, 3.05) is 13.2 Å². The Labute approximate surface area is 481 Å². The Hall–Kier alpha value is -1.92. The zero-order valence-electron chi connectivity index (χ0n) is 52.0. The van der Waals surface area contributed by atoms with E-state index < -0.39 is 12.1 Å². The van der Waals surface area contributed by atoms with Gasteiger partial charge in [0.25, 0.3) is 0 Å². The van der Waals surface area contributed by atoms with Gasteiger partial charge < -0.3 is 20.3 Å². The number of allylic oxidation sites excluding steroid dienone is 5. The Balaban J connectivity index is 3.38. The summed E-state index contributed by atoms with van der Waals surface area (Å²) in [6.45, 7) is 4.91. The third-order valence-corrected chi connectivity index (χ3v) is 16.2. The number of amides is 1. The van der Waals surface area contributed by atoms with Gasteiger partial charge in [0.1, 0.15) is 0 Å². The van der Waals surface area contributed by atoms with Crippen molar-refractivity contribution in [3.8, 4) is 0 Å². The number of aliphatic hydroxyl groups is 2. The molecule has 6 nitrogen and oxygen atoms in total. The average Bonchev–Trinajstić information content (AvgIpc) is 3.43. The molecule has 3 N–H and O–H groups in total. The van der Waals surface area contributed by atoms with Crippen LogP contribution in [0.1, 0.15) is 380 Å². The van der Waals surface area contributed by atoms with Crippen molar-refractivity contribution in [1.29, 1.82) is 0 Å². The van der Waals surface area contributed by atoms with E-state index in [0.29, 0.717) is 19.4 Å².